The number of aryl methyl sites for hydroxylation is 1. The molecular weight excluding hydrogens is 214 g/mol. The minimum atomic E-state index is 0.591. The quantitative estimate of drug-likeness (QED) is 0.856. The van der Waals surface area contributed by atoms with Gasteiger partial charge < -0.3 is 10.3 Å². The zero-order chi connectivity index (χ0) is 12.1. The summed E-state index contributed by atoms with van der Waals surface area (Å²) in [6.45, 7) is 2.76. The Morgan fingerprint density at radius 2 is 1.94 bits per heavy atom. The molecule has 1 heterocycles. The highest BCUT2D eigenvalue weighted by Gasteiger charge is 2.07. The summed E-state index contributed by atoms with van der Waals surface area (Å²) in [6, 6.07) is 8.08. The summed E-state index contributed by atoms with van der Waals surface area (Å²) < 4.78 is 5.22. The summed E-state index contributed by atoms with van der Waals surface area (Å²) in [6.07, 6.45) is 2.77. The highest BCUT2D eigenvalue weighted by Crippen LogP contribution is 2.18. The van der Waals surface area contributed by atoms with Gasteiger partial charge in [0.05, 0.1) is 0 Å². The molecule has 2 aromatic rings. The molecule has 0 aliphatic carbocycles. The molecule has 0 bridgehead atoms. The number of hydrogen-bond acceptors (Lipinski definition) is 4. The number of nitrogens with two attached hydrogens (primary N) is 1. The fourth-order valence-corrected chi connectivity index (χ4v) is 1.68. The van der Waals surface area contributed by atoms with E-state index < -0.39 is 0 Å². The van der Waals surface area contributed by atoms with Crippen molar-refractivity contribution >= 4 is 0 Å². The first kappa shape index (κ1) is 11.8. The zero-order valence-corrected chi connectivity index (χ0v) is 10.0. The first-order valence-corrected chi connectivity index (χ1v) is 5.95. The van der Waals surface area contributed by atoms with Crippen molar-refractivity contribution < 1.29 is 4.52 Å². The van der Waals surface area contributed by atoms with Crippen molar-refractivity contribution in [3.05, 3.63) is 35.7 Å². The monoisotopic (exact) mass is 231 g/mol. The fraction of sp³-hybridized carbons (Fsp3) is 0.385. The van der Waals surface area contributed by atoms with Gasteiger partial charge in [0.1, 0.15) is 0 Å². The second-order valence-corrected chi connectivity index (χ2v) is 4.00. The van der Waals surface area contributed by atoms with E-state index in [1.54, 1.807) is 0 Å². The molecule has 2 N–H and O–H groups in total. The van der Waals surface area contributed by atoms with Gasteiger partial charge in [-0.3, -0.25) is 0 Å². The first-order chi connectivity index (χ1) is 8.33. The van der Waals surface area contributed by atoms with Crippen LogP contribution < -0.4 is 5.73 Å². The molecule has 0 radical (unpaired) electrons. The van der Waals surface area contributed by atoms with Gasteiger partial charge in [-0.15, -0.1) is 0 Å². The van der Waals surface area contributed by atoms with Crippen LogP contribution in [0.2, 0.25) is 0 Å². The predicted octanol–water partition coefficient (Wildman–Crippen LogP) is 2.19. The number of rotatable bonds is 5. The van der Waals surface area contributed by atoms with Crippen LogP contribution in [-0.4, -0.2) is 16.7 Å². The lowest BCUT2D eigenvalue weighted by Gasteiger charge is -1.98. The van der Waals surface area contributed by atoms with Crippen LogP contribution in [0.25, 0.3) is 11.5 Å². The normalized spacial score (nSPS) is 10.7. The van der Waals surface area contributed by atoms with Crippen LogP contribution in [0.5, 0.6) is 0 Å². The Hall–Kier alpha value is -1.68. The molecule has 0 fully saturated rings. The summed E-state index contributed by atoms with van der Waals surface area (Å²) in [5.41, 5.74) is 7.69. The van der Waals surface area contributed by atoms with Crippen molar-refractivity contribution in [2.24, 2.45) is 5.73 Å². The second-order valence-electron chi connectivity index (χ2n) is 4.00. The highest BCUT2D eigenvalue weighted by atomic mass is 16.5. The lowest BCUT2D eigenvalue weighted by molar-refractivity contribution is 0.422. The van der Waals surface area contributed by atoms with E-state index >= 15 is 0 Å². The number of aromatic nitrogens is 2. The SMILES string of the molecule is CCCc1noc(-c2ccc(CCN)cc2)n1. The number of benzene rings is 1. The molecule has 0 saturated heterocycles. The van der Waals surface area contributed by atoms with Gasteiger partial charge in [0.2, 0.25) is 0 Å². The lowest BCUT2D eigenvalue weighted by atomic mass is 10.1. The van der Waals surface area contributed by atoms with Gasteiger partial charge in [0.15, 0.2) is 5.82 Å². The molecule has 90 valence electrons. The molecule has 0 atom stereocenters. The molecule has 2 rings (SSSR count). The number of nitrogens with zero attached hydrogens (tertiary/aromatic N) is 2. The summed E-state index contributed by atoms with van der Waals surface area (Å²) >= 11 is 0. The fourth-order valence-electron chi connectivity index (χ4n) is 1.68. The molecule has 0 aliphatic rings. The van der Waals surface area contributed by atoms with Gasteiger partial charge >= 0.3 is 0 Å². The third-order valence-corrected chi connectivity index (χ3v) is 2.58. The van der Waals surface area contributed by atoms with E-state index in [4.69, 9.17) is 10.3 Å². The maximum Gasteiger partial charge on any atom is 0.257 e. The number of hydrogen-bond donors (Lipinski definition) is 1. The predicted molar refractivity (Wildman–Crippen MR) is 66.5 cm³/mol. The van der Waals surface area contributed by atoms with Crippen LogP contribution >= 0.6 is 0 Å². The Bertz CT molecular complexity index is 462. The van der Waals surface area contributed by atoms with Crippen molar-refractivity contribution in [3.8, 4) is 11.5 Å². The highest BCUT2D eigenvalue weighted by molar-refractivity contribution is 5.53. The van der Waals surface area contributed by atoms with Gasteiger partial charge in [-0.05, 0) is 37.1 Å². The van der Waals surface area contributed by atoms with Crippen molar-refractivity contribution in [1.82, 2.24) is 10.1 Å². The molecule has 4 nitrogen and oxygen atoms in total. The molecular formula is C13H17N3O. The zero-order valence-electron chi connectivity index (χ0n) is 10.0. The van der Waals surface area contributed by atoms with Crippen molar-refractivity contribution in [2.45, 2.75) is 26.2 Å². The van der Waals surface area contributed by atoms with Crippen molar-refractivity contribution in [2.75, 3.05) is 6.54 Å². The molecule has 0 spiro atoms. The Balaban J connectivity index is 2.15. The van der Waals surface area contributed by atoms with E-state index in [0.29, 0.717) is 12.4 Å². The van der Waals surface area contributed by atoms with Crippen LogP contribution in [-0.2, 0) is 12.8 Å². The van der Waals surface area contributed by atoms with Crippen LogP contribution in [0.3, 0.4) is 0 Å². The molecule has 1 aromatic heterocycles. The molecule has 1 aromatic carbocycles. The van der Waals surface area contributed by atoms with Gasteiger partial charge in [0, 0.05) is 12.0 Å². The van der Waals surface area contributed by atoms with E-state index in [9.17, 15) is 0 Å². The first-order valence-electron chi connectivity index (χ1n) is 5.95. The van der Waals surface area contributed by atoms with Crippen LogP contribution in [0.4, 0.5) is 0 Å². The molecule has 0 saturated carbocycles. The summed E-state index contributed by atoms with van der Waals surface area (Å²) in [7, 11) is 0. The minimum absolute atomic E-state index is 0.591. The van der Waals surface area contributed by atoms with E-state index in [1.165, 1.54) is 5.56 Å². The standard InChI is InChI=1S/C13H17N3O/c1-2-3-12-15-13(17-16-12)11-6-4-10(5-7-11)8-9-14/h4-7H,2-3,8-9,14H2,1H3. The second kappa shape index (κ2) is 5.59. The molecule has 0 amide bonds. The van der Waals surface area contributed by atoms with Gasteiger partial charge in [-0.25, -0.2) is 0 Å². The Kier molecular flexibility index (Phi) is 3.88. The largest absolute Gasteiger partial charge is 0.334 e. The van der Waals surface area contributed by atoms with E-state index in [1.807, 2.05) is 24.3 Å². The van der Waals surface area contributed by atoms with Gasteiger partial charge in [0.25, 0.3) is 5.89 Å². The lowest BCUT2D eigenvalue weighted by Crippen LogP contribution is -2.02. The van der Waals surface area contributed by atoms with Gasteiger partial charge in [-0.1, -0.05) is 24.2 Å². The minimum Gasteiger partial charge on any atom is -0.334 e. The summed E-state index contributed by atoms with van der Waals surface area (Å²) in [4.78, 5) is 4.34. The molecule has 0 unspecified atom stereocenters. The summed E-state index contributed by atoms with van der Waals surface area (Å²) in [5, 5.41) is 3.93. The van der Waals surface area contributed by atoms with Crippen LogP contribution in [0.15, 0.2) is 28.8 Å². The molecule has 17 heavy (non-hydrogen) atoms. The van der Waals surface area contributed by atoms with Crippen LogP contribution in [0.1, 0.15) is 24.7 Å². The molecule has 4 heteroatoms. The topological polar surface area (TPSA) is 64.9 Å². The van der Waals surface area contributed by atoms with Gasteiger partial charge in [-0.2, -0.15) is 4.98 Å². The van der Waals surface area contributed by atoms with E-state index in [-0.39, 0.29) is 0 Å². The van der Waals surface area contributed by atoms with Crippen LogP contribution in [0, 0.1) is 0 Å². The average Bonchev–Trinajstić information content (AvgIpc) is 2.80. The average molecular weight is 231 g/mol. The smallest absolute Gasteiger partial charge is 0.257 e. The maximum absolute atomic E-state index is 5.51. The maximum atomic E-state index is 5.51. The summed E-state index contributed by atoms with van der Waals surface area (Å²) in [5.74, 6) is 1.36. The van der Waals surface area contributed by atoms with Crippen molar-refractivity contribution in [1.29, 1.82) is 0 Å². The Morgan fingerprint density at radius 1 is 1.18 bits per heavy atom. The Labute approximate surface area is 101 Å². The van der Waals surface area contributed by atoms with Crippen molar-refractivity contribution in [3.63, 3.8) is 0 Å². The van der Waals surface area contributed by atoms with E-state index in [0.717, 1.165) is 30.7 Å². The third kappa shape index (κ3) is 2.91. The van der Waals surface area contributed by atoms with E-state index in [2.05, 4.69) is 17.1 Å². The Morgan fingerprint density at radius 3 is 2.59 bits per heavy atom. The third-order valence-electron chi connectivity index (χ3n) is 2.58. The molecule has 0 aliphatic heterocycles.